The van der Waals surface area contributed by atoms with Crippen molar-refractivity contribution in [2.24, 2.45) is 0 Å². The minimum absolute atomic E-state index is 0.326. The largest absolute Gasteiger partial charge is 0.508 e. The van der Waals surface area contributed by atoms with Crippen molar-refractivity contribution in [2.45, 2.75) is 10.6 Å². The molecule has 15 heavy (non-hydrogen) atoms. The molecule has 0 unspecified atom stereocenters. The van der Waals surface area contributed by atoms with Gasteiger partial charge in [-0.2, -0.15) is 0 Å². The van der Waals surface area contributed by atoms with Crippen molar-refractivity contribution in [3.63, 3.8) is 0 Å². The van der Waals surface area contributed by atoms with E-state index < -0.39 is 0 Å². The third-order valence-electron chi connectivity index (χ3n) is 1.82. The van der Waals surface area contributed by atoms with Crippen LogP contribution >= 0.6 is 39.0 Å². The molecule has 1 aromatic carbocycles. The first-order chi connectivity index (χ1) is 7.24. The molecule has 4 heteroatoms. The highest BCUT2D eigenvalue weighted by molar-refractivity contribution is 9.10. The van der Waals surface area contributed by atoms with Crippen molar-refractivity contribution in [3.05, 3.63) is 45.1 Å². The standard InChI is InChI=1S/C11H9BrOS2/c12-8-4-11(14-6-8)7-15-10-3-1-2-9(13)5-10/h1-6,13H,7H2. The van der Waals surface area contributed by atoms with Gasteiger partial charge < -0.3 is 5.11 Å². The molecule has 0 radical (unpaired) electrons. The molecular weight excluding hydrogens is 292 g/mol. The van der Waals surface area contributed by atoms with E-state index in [1.165, 1.54) is 4.88 Å². The van der Waals surface area contributed by atoms with Crippen LogP contribution in [0.4, 0.5) is 0 Å². The van der Waals surface area contributed by atoms with Gasteiger partial charge in [-0.05, 0) is 40.2 Å². The second-order valence-electron chi connectivity index (χ2n) is 3.02. The molecule has 0 spiro atoms. The summed E-state index contributed by atoms with van der Waals surface area (Å²) in [5.41, 5.74) is 0. The highest BCUT2D eigenvalue weighted by Crippen LogP contribution is 2.29. The van der Waals surface area contributed by atoms with Crippen LogP contribution in [0.25, 0.3) is 0 Å². The molecule has 0 fully saturated rings. The lowest BCUT2D eigenvalue weighted by Crippen LogP contribution is -1.74. The third-order valence-corrected chi connectivity index (χ3v) is 4.74. The molecule has 0 saturated carbocycles. The summed E-state index contributed by atoms with van der Waals surface area (Å²) < 4.78 is 1.14. The van der Waals surface area contributed by atoms with Crippen LogP contribution in [0.1, 0.15) is 4.88 Å². The van der Waals surface area contributed by atoms with Crippen molar-refractivity contribution in [1.29, 1.82) is 0 Å². The summed E-state index contributed by atoms with van der Waals surface area (Å²) >= 11 is 6.90. The van der Waals surface area contributed by atoms with Crippen molar-refractivity contribution in [2.75, 3.05) is 0 Å². The lowest BCUT2D eigenvalue weighted by atomic mass is 10.3. The van der Waals surface area contributed by atoms with Crippen molar-refractivity contribution in [3.8, 4) is 5.75 Å². The maximum Gasteiger partial charge on any atom is 0.116 e. The van der Waals surface area contributed by atoms with Crippen molar-refractivity contribution in [1.82, 2.24) is 0 Å². The fourth-order valence-corrected chi connectivity index (χ4v) is 3.61. The number of halogens is 1. The van der Waals surface area contributed by atoms with E-state index in [0.29, 0.717) is 5.75 Å². The molecule has 1 heterocycles. The topological polar surface area (TPSA) is 20.2 Å². The number of hydrogen-bond donors (Lipinski definition) is 1. The number of phenolic OH excluding ortho intramolecular Hbond substituents is 1. The Labute approximate surface area is 105 Å². The summed E-state index contributed by atoms with van der Waals surface area (Å²) in [6, 6.07) is 9.47. The van der Waals surface area contributed by atoms with E-state index in [2.05, 4.69) is 27.4 Å². The SMILES string of the molecule is Oc1cccc(SCc2cc(Br)cs2)c1. The number of rotatable bonds is 3. The second kappa shape index (κ2) is 5.05. The van der Waals surface area contributed by atoms with Crippen LogP contribution in [-0.4, -0.2) is 5.11 Å². The van der Waals surface area contributed by atoms with E-state index in [1.807, 2.05) is 12.1 Å². The lowest BCUT2D eigenvalue weighted by Gasteiger charge is -1.99. The Morgan fingerprint density at radius 1 is 1.33 bits per heavy atom. The smallest absolute Gasteiger partial charge is 0.116 e. The van der Waals surface area contributed by atoms with Crippen LogP contribution in [0.5, 0.6) is 5.75 Å². The van der Waals surface area contributed by atoms with E-state index >= 15 is 0 Å². The Morgan fingerprint density at radius 2 is 2.20 bits per heavy atom. The fraction of sp³-hybridized carbons (Fsp3) is 0.0909. The molecule has 0 aliphatic rings. The minimum Gasteiger partial charge on any atom is -0.508 e. The molecule has 0 atom stereocenters. The molecule has 1 aromatic heterocycles. The van der Waals surface area contributed by atoms with Crippen LogP contribution in [0.15, 0.2) is 45.1 Å². The number of aromatic hydroxyl groups is 1. The highest BCUT2D eigenvalue weighted by Gasteiger charge is 2.00. The molecular formula is C11H9BrOS2. The average molecular weight is 301 g/mol. The number of benzene rings is 1. The van der Waals surface area contributed by atoms with Gasteiger partial charge in [0.25, 0.3) is 0 Å². The van der Waals surface area contributed by atoms with Crippen LogP contribution in [-0.2, 0) is 5.75 Å². The molecule has 1 nitrogen and oxygen atoms in total. The minimum atomic E-state index is 0.326. The summed E-state index contributed by atoms with van der Waals surface area (Å²) in [7, 11) is 0. The van der Waals surface area contributed by atoms with Crippen molar-refractivity contribution < 1.29 is 5.11 Å². The van der Waals surface area contributed by atoms with Gasteiger partial charge in [0, 0.05) is 25.4 Å². The molecule has 0 aliphatic heterocycles. The highest BCUT2D eigenvalue weighted by atomic mass is 79.9. The number of phenols is 1. The summed E-state index contributed by atoms with van der Waals surface area (Å²) in [4.78, 5) is 2.43. The number of thiophene rings is 1. The number of thioether (sulfide) groups is 1. The molecule has 0 saturated heterocycles. The normalized spacial score (nSPS) is 10.5. The zero-order chi connectivity index (χ0) is 10.7. The quantitative estimate of drug-likeness (QED) is 0.842. The summed E-state index contributed by atoms with van der Waals surface area (Å²) in [5.74, 6) is 1.27. The van der Waals surface area contributed by atoms with Gasteiger partial charge in [-0.25, -0.2) is 0 Å². The van der Waals surface area contributed by atoms with Gasteiger partial charge in [0.2, 0.25) is 0 Å². The van der Waals surface area contributed by atoms with Crippen LogP contribution < -0.4 is 0 Å². The Morgan fingerprint density at radius 3 is 2.87 bits per heavy atom. The molecule has 0 aliphatic carbocycles. The molecule has 2 aromatic rings. The summed E-state index contributed by atoms with van der Waals surface area (Å²) in [5, 5.41) is 11.4. The van der Waals surface area contributed by atoms with E-state index in [-0.39, 0.29) is 0 Å². The first kappa shape index (κ1) is 11.0. The van der Waals surface area contributed by atoms with E-state index in [9.17, 15) is 5.11 Å². The first-order valence-corrected chi connectivity index (χ1v) is 7.04. The van der Waals surface area contributed by atoms with E-state index in [0.717, 1.165) is 15.1 Å². The zero-order valence-electron chi connectivity index (χ0n) is 7.81. The van der Waals surface area contributed by atoms with E-state index in [1.54, 1.807) is 35.2 Å². The maximum absolute atomic E-state index is 9.30. The Balaban J connectivity index is 1.99. The molecule has 0 amide bonds. The lowest BCUT2D eigenvalue weighted by molar-refractivity contribution is 0.474. The van der Waals surface area contributed by atoms with Crippen molar-refractivity contribution >= 4 is 39.0 Å². The monoisotopic (exact) mass is 300 g/mol. The van der Waals surface area contributed by atoms with Gasteiger partial charge in [-0.1, -0.05) is 6.07 Å². The predicted octanol–water partition coefficient (Wildman–Crippen LogP) is 4.51. The van der Waals surface area contributed by atoms with Gasteiger partial charge in [0.1, 0.15) is 5.75 Å². The Kier molecular flexibility index (Phi) is 3.72. The Bertz CT molecular complexity index is 453. The molecule has 2 rings (SSSR count). The second-order valence-corrected chi connectivity index (χ2v) is 5.98. The maximum atomic E-state index is 9.30. The van der Waals surface area contributed by atoms with Crippen LogP contribution in [0.3, 0.4) is 0 Å². The van der Waals surface area contributed by atoms with Gasteiger partial charge in [-0.15, -0.1) is 23.1 Å². The summed E-state index contributed by atoms with van der Waals surface area (Å²) in [6.45, 7) is 0. The molecule has 0 bridgehead atoms. The van der Waals surface area contributed by atoms with Gasteiger partial charge in [0.15, 0.2) is 0 Å². The molecule has 1 N–H and O–H groups in total. The Hall–Kier alpha value is -0.450. The van der Waals surface area contributed by atoms with Gasteiger partial charge in [-0.3, -0.25) is 0 Å². The predicted molar refractivity (Wildman–Crippen MR) is 69.7 cm³/mol. The summed E-state index contributed by atoms with van der Waals surface area (Å²) in [6.07, 6.45) is 0. The fourth-order valence-electron chi connectivity index (χ4n) is 1.16. The molecule has 78 valence electrons. The zero-order valence-corrected chi connectivity index (χ0v) is 11.0. The van der Waals surface area contributed by atoms with Crippen LogP contribution in [0, 0.1) is 0 Å². The van der Waals surface area contributed by atoms with Gasteiger partial charge in [0.05, 0.1) is 0 Å². The third kappa shape index (κ3) is 3.26. The average Bonchev–Trinajstić information content (AvgIpc) is 2.62. The van der Waals surface area contributed by atoms with Crippen LogP contribution in [0.2, 0.25) is 0 Å². The van der Waals surface area contributed by atoms with Gasteiger partial charge >= 0.3 is 0 Å². The number of hydrogen-bond acceptors (Lipinski definition) is 3. The first-order valence-electron chi connectivity index (χ1n) is 4.39. The van der Waals surface area contributed by atoms with E-state index in [4.69, 9.17) is 0 Å².